The molecule has 3 atom stereocenters. The first-order valence-corrected chi connectivity index (χ1v) is 10.2. The third kappa shape index (κ3) is 3.85. The van der Waals surface area contributed by atoms with Gasteiger partial charge in [0.05, 0.1) is 17.8 Å². The second kappa shape index (κ2) is 8.23. The molecule has 0 aliphatic carbocycles. The lowest BCUT2D eigenvalue weighted by Crippen LogP contribution is -2.46. The van der Waals surface area contributed by atoms with Gasteiger partial charge in [-0.25, -0.2) is 0 Å². The number of anilines is 1. The van der Waals surface area contributed by atoms with Crippen molar-refractivity contribution in [1.29, 1.82) is 0 Å². The molecule has 1 amide bonds. The molecule has 3 unspecified atom stereocenters. The maximum Gasteiger partial charge on any atom is 0.257 e. The Hall–Kier alpha value is -2.53. The maximum absolute atomic E-state index is 13.2. The number of amides is 1. The van der Waals surface area contributed by atoms with E-state index in [1.54, 1.807) is 0 Å². The van der Waals surface area contributed by atoms with Gasteiger partial charge >= 0.3 is 0 Å². The van der Waals surface area contributed by atoms with Crippen LogP contribution < -0.4 is 10.1 Å². The Morgan fingerprint density at radius 2 is 2.00 bits per heavy atom. The zero-order valence-electron chi connectivity index (χ0n) is 16.6. The minimum atomic E-state index is -0.218. The molecule has 0 bridgehead atoms. The molecule has 0 radical (unpaired) electrons. The largest absolute Gasteiger partial charge is 0.491 e. The van der Waals surface area contributed by atoms with Gasteiger partial charge < -0.3 is 19.7 Å². The minimum Gasteiger partial charge on any atom is -0.491 e. The second-order valence-electron chi connectivity index (χ2n) is 7.59. The van der Waals surface area contributed by atoms with Crippen molar-refractivity contribution in [1.82, 2.24) is 4.90 Å². The molecule has 4 rings (SSSR count). The van der Waals surface area contributed by atoms with Gasteiger partial charge in [-0.15, -0.1) is 0 Å². The molecule has 0 spiro atoms. The second-order valence-corrected chi connectivity index (χ2v) is 7.59. The molecule has 1 fully saturated rings. The third-order valence-corrected chi connectivity index (χ3v) is 5.55. The molecule has 0 saturated carbocycles. The summed E-state index contributed by atoms with van der Waals surface area (Å²) < 4.78 is 11.7. The third-order valence-electron chi connectivity index (χ3n) is 5.55. The quantitative estimate of drug-likeness (QED) is 0.795. The molecule has 2 aromatic carbocycles. The number of nitrogens with one attached hydrogen (secondary N) is 1. The Labute approximate surface area is 166 Å². The van der Waals surface area contributed by atoms with Crippen LogP contribution in [0.4, 0.5) is 5.69 Å². The van der Waals surface area contributed by atoms with Gasteiger partial charge in [0.15, 0.2) is 0 Å². The van der Waals surface area contributed by atoms with Crippen LogP contribution in [0.25, 0.3) is 0 Å². The van der Waals surface area contributed by atoms with Gasteiger partial charge in [0.2, 0.25) is 0 Å². The summed E-state index contributed by atoms with van der Waals surface area (Å²) in [5.41, 5.74) is 2.63. The van der Waals surface area contributed by atoms with E-state index in [9.17, 15) is 4.79 Å². The molecule has 1 saturated heterocycles. The number of carbonyl (C=O) groups excluding carboxylic acids is 1. The summed E-state index contributed by atoms with van der Waals surface area (Å²) in [6, 6.07) is 15.8. The standard InChI is InChI=1S/C23H28N2O3/c1-3-16(2)28-18-12-10-17(11-13-18)22-24-21-9-5-4-8-20(21)23(26)25(22)15-19-7-6-14-27-19/h4-5,8-13,16,19,22,24H,3,6-7,14-15H2,1-2H3. The first-order valence-electron chi connectivity index (χ1n) is 10.2. The molecule has 28 heavy (non-hydrogen) atoms. The molecule has 2 aliphatic heterocycles. The highest BCUT2D eigenvalue weighted by Gasteiger charge is 2.35. The normalized spacial score (nSPS) is 22.5. The summed E-state index contributed by atoms with van der Waals surface area (Å²) in [6.45, 7) is 5.55. The Morgan fingerprint density at radius 1 is 1.21 bits per heavy atom. The predicted molar refractivity (Wildman–Crippen MR) is 110 cm³/mol. The van der Waals surface area contributed by atoms with Crippen molar-refractivity contribution >= 4 is 11.6 Å². The van der Waals surface area contributed by atoms with Crippen LogP contribution in [-0.2, 0) is 4.74 Å². The summed E-state index contributed by atoms with van der Waals surface area (Å²) in [5, 5.41) is 3.55. The molecule has 5 nitrogen and oxygen atoms in total. The van der Waals surface area contributed by atoms with Crippen LogP contribution in [0.5, 0.6) is 5.75 Å². The number of fused-ring (bicyclic) bond motifs is 1. The van der Waals surface area contributed by atoms with E-state index in [0.29, 0.717) is 12.1 Å². The van der Waals surface area contributed by atoms with E-state index in [-0.39, 0.29) is 24.3 Å². The number of rotatable bonds is 6. The van der Waals surface area contributed by atoms with Crippen LogP contribution in [0.1, 0.15) is 55.2 Å². The molecule has 2 aliphatic rings. The average molecular weight is 380 g/mol. The first-order chi connectivity index (χ1) is 13.7. The van der Waals surface area contributed by atoms with Gasteiger partial charge in [-0.2, -0.15) is 0 Å². The van der Waals surface area contributed by atoms with E-state index < -0.39 is 0 Å². The fraction of sp³-hybridized carbons (Fsp3) is 0.435. The number of benzene rings is 2. The number of hydrogen-bond acceptors (Lipinski definition) is 4. The predicted octanol–water partition coefficient (Wildman–Crippen LogP) is 4.61. The fourth-order valence-corrected chi connectivity index (χ4v) is 3.80. The van der Waals surface area contributed by atoms with Crippen molar-refractivity contribution in [2.75, 3.05) is 18.5 Å². The molecule has 5 heteroatoms. The monoisotopic (exact) mass is 380 g/mol. The molecule has 1 N–H and O–H groups in total. The van der Waals surface area contributed by atoms with Gasteiger partial charge in [-0.1, -0.05) is 31.2 Å². The van der Waals surface area contributed by atoms with Crippen LogP contribution >= 0.6 is 0 Å². The van der Waals surface area contributed by atoms with Crippen molar-refractivity contribution in [2.24, 2.45) is 0 Å². The Morgan fingerprint density at radius 3 is 2.71 bits per heavy atom. The number of ether oxygens (including phenoxy) is 2. The van der Waals surface area contributed by atoms with Crippen LogP contribution in [0.2, 0.25) is 0 Å². The van der Waals surface area contributed by atoms with Crippen LogP contribution in [0.15, 0.2) is 48.5 Å². The van der Waals surface area contributed by atoms with Crippen molar-refractivity contribution in [3.8, 4) is 5.75 Å². The zero-order valence-corrected chi connectivity index (χ0v) is 16.6. The van der Waals surface area contributed by atoms with Crippen molar-refractivity contribution < 1.29 is 14.3 Å². The lowest BCUT2D eigenvalue weighted by molar-refractivity contribution is 0.0427. The van der Waals surface area contributed by atoms with Crippen molar-refractivity contribution in [2.45, 2.75) is 51.5 Å². The molecule has 2 aromatic rings. The molecule has 0 aromatic heterocycles. The van der Waals surface area contributed by atoms with Gasteiger partial charge in [-0.05, 0) is 56.0 Å². The van der Waals surface area contributed by atoms with E-state index in [1.165, 1.54) is 0 Å². The number of nitrogens with zero attached hydrogens (tertiary/aromatic N) is 1. The highest BCUT2D eigenvalue weighted by molar-refractivity contribution is 6.01. The highest BCUT2D eigenvalue weighted by atomic mass is 16.5. The first kappa shape index (κ1) is 18.8. The average Bonchev–Trinajstić information content (AvgIpc) is 3.24. The molecular weight excluding hydrogens is 352 g/mol. The van der Waals surface area contributed by atoms with Crippen molar-refractivity contribution in [3.05, 3.63) is 59.7 Å². The van der Waals surface area contributed by atoms with Gasteiger partial charge in [0, 0.05) is 18.8 Å². The summed E-state index contributed by atoms with van der Waals surface area (Å²) in [5.74, 6) is 0.904. The van der Waals surface area contributed by atoms with Crippen LogP contribution in [0.3, 0.4) is 0 Å². The summed E-state index contributed by atoms with van der Waals surface area (Å²) in [4.78, 5) is 15.2. The summed E-state index contributed by atoms with van der Waals surface area (Å²) in [6.07, 6.45) is 3.09. The number of carbonyl (C=O) groups is 1. The van der Waals surface area contributed by atoms with E-state index in [2.05, 4.69) is 19.2 Å². The van der Waals surface area contributed by atoms with Gasteiger partial charge in [0.25, 0.3) is 5.91 Å². The van der Waals surface area contributed by atoms with E-state index in [4.69, 9.17) is 9.47 Å². The topological polar surface area (TPSA) is 50.8 Å². The van der Waals surface area contributed by atoms with Crippen LogP contribution in [0, 0.1) is 0 Å². The fourth-order valence-electron chi connectivity index (χ4n) is 3.80. The molecule has 2 heterocycles. The summed E-state index contributed by atoms with van der Waals surface area (Å²) in [7, 11) is 0. The van der Waals surface area contributed by atoms with Gasteiger partial charge in [0.1, 0.15) is 11.9 Å². The van der Waals surface area contributed by atoms with E-state index >= 15 is 0 Å². The number of para-hydroxylation sites is 1. The Balaban J connectivity index is 1.61. The SMILES string of the molecule is CCC(C)Oc1ccc(C2Nc3ccccc3C(=O)N2CC2CCCO2)cc1. The van der Waals surface area contributed by atoms with Gasteiger partial charge in [-0.3, -0.25) is 4.79 Å². The lowest BCUT2D eigenvalue weighted by atomic mass is 10.0. The summed E-state index contributed by atoms with van der Waals surface area (Å²) >= 11 is 0. The smallest absolute Gasteiger partial charge is 0.257 e. The zero-order chi connectivity index (χ0) is 19.5. The van der Waals surface area contributed by atoms with Crippen molar-refractivity contribution in [3.63, 3.8) is 0 Å². The number of hydrogen-bond donors (Lipinski definition) is 1. The minimum absolute atomic E-state index is 0.0507. The van der Waals surface area contributed by atoms with E-state index in [1.807, 2.05) is 53.4 Å². The Kier molecular flexibility index (Phi) is 5.53. The maximum atomic E-state index is 13.2. The Bertz CT molecular complexity index is 815. The highest BCUT2D eigenvalue weighted by Crippen LogP contribution is 2.34. The van der Waals surface area contributed by atoms with Crippen LogP contribution in [-0.4, -0.2) is 36.2 Å². The molecule has 148 valence electrons. The molecular formula is C23H28N2O3. The van der Waals surface area contributed by atoms with E-state index in [0.717, 1.165) is 42.9 Å². The lowest BCUT2D eigenvalue weighted by Gasteiger charge is -2.39.